The van der Waals surface area contributed by atoms with Gasteiger partial charge in [0.1, 0.15) is 11.9 Å². The van der Waals surface area contributed by atoms with Gasteiger partial charge in [-0.15, -0.1) is 0 Å². The lowest BCUT2D eigenvalue weighted by atomic mass is 10.0. The molecule has 1 unspecified atom stereocenters. The second kappa shape index (κ2) is 6.53. The Hall–Kier alpha value is -1.86. The van der Waals surface area contributed by atoms with Crippen LogP contribution in [0.5, 0.6) is 0 Å². The minimum absolute atomic E-state index is 0.0741. The van der Waals surface area contributed by atoms with Crippen LogP contribution in [0.3, 0.4) is 0 Å². The van der Waals surface area contributed by atoms with E-state index in [4.69, 9.17) is 5.26 Å². The van der Waals surface area contributed by atoms with E-state index in [1.54, 1.807) is 6.07 Å². The quantitative estimate of drug-likeness (QED) is 0.852. The summed E-state index contributed by atoms with van der Waals surface area (Å²) in [4.78, 5) is 0. The Labute approximate surface area is 126 Å². The molecule has 0 aliphatic heterocycles. The van der Waals surface area contributed by atoms with E-state index in [1.807, 2.05) is 30.3 Å². The van der Waals surface area contributed by atoms with Gasteiger partial charge in [0.15, 0.2) is 0 Å². The summed E-state index contributed by atoms with van der Waals surface area (Å²) >= 11 is 3.45. The minimum atomic E-state index is -0.400. The number of nitrogens with one attached hydrogen (secondary N) is 1. The van der Waals surface area contributed by atoms with Crippen molar-refractivity contribution in [3.8, 4) is 6.07 Å². The first-order valence-corrected chi connectivity index (χ1v) is 7.15. The topological polar surface area (TPSA) is 35.8 Å². The first kappa shape index (κ1) is 14.5. The van der Waals surface area contributed by atoms with Crippen LogP contribution < -0.4 is 5.32 Å². The number of nitrogens with zero attached hydrogens (tertiary/aromatic N) is 1. The molecular weight excluding hydrogens is 319 g/mol. The third-order valence-electron chi connectivity index (χ3n) is 3.09. The monoisotopic (exact) mass is 332 g/mol. The summed E-state index contributed by atoms with van der Waals surface area (Å²) in [5.41, 5.74) is 2.09. The molecule has 0 amide bonds. The van der Waals surface area contributed by atoms with Gasteiger partial charge in [0.25, 0.3) is 0 Å². The van der Waals surface area contributed by atoms with Crippen LogP contribution in [0.25, 0.3) is 0 Å². The molecule has 0 radical (unpaired) electrons. The number of anilines is 1. The SMILES string of the molecule is CCC(Nc1ccc(F)cc1C#N)c1cccc(Br)c1. The molecular formula is C16H14BrFN2. The molecule has 2 aromatic carbocycles. The highest BCUT2D eigenvalue weighted by Gasteiger charge is 2.12. The summed E-state index contributed by atoms with van der Waals surface area (Å²) in [5, 5.41) is 12.4. The molecule has 2 aromatic rings. The van der Waals surface area contributed by atoms with Gasteiger partial charge in [0, 0.05) is 4.47 Å². The molecule has 0 bridgehead atoms. The van der Waals surface area contributed by atoms with Crippen molar-refractivity contribution in [1.29, 1.82) is 5.26 Å². The van der Waals surface area contributed by atoms with E-state index < -0.39 is 5.82 Å². The fraction of sp³-hybridized carbons (Fsp3) is 0.188. The minimum Gasteiger partial charge on any atom is -0.377 e. The van der Waals surface area contributed by atoms with Crippen molar-refractivity contribution in [2.24, 2.45) is 0 Å². The Morgan fingerprint density at radius 2 is 2.10 bits per heavy atom. The number of rotatable bonds is 4. The first-order valence-electron chi connectivity index (χ1n) is 6.35. The summed E-state index contributed by atoms with van der Waals surface area (Å²) in [6, 6.07) is 14.3. The summed E-state index contributed by atoms with van der Waals surface area (Å²) < 4.78 is 14.2. The lowest BCUT2D eigenvalue weighted by molar-refractivity contribution is 0.627. The van der Waals surface area contributed by atoms with Crippen LogP contribution in [0.1, 0.15) is 30.5 Å². The standard InChI is InChI=1S/C16H14BrFN2/c1-2-15(11-4-3-5-13(17)8-11)20-16-7-6-14(18)9-12(16)10-19/h3-9,15,20H,2H2,1H3. The maximum atomic E-state index is 13.1. The highest BCUT2D eigenvalue weighted by atomic mass is 79.9. The van der Waals surface area contributed by atoms with E-state index in [2.05, 4.69) is 28.2 Å². The van der Waals surface area contributed by atoms with Gasteiger partial charge in [-0.2, -0.15) is 5.26 Å². The van der Waals surface area contributed by atoms with Gasteiger partial charge in [-0.1, -0.05) is 35.0 Å². The van der Waals surface area contributed by atoms with Crippen molar-refractivity contribution in [1.82, 2.24) is 0 Å². The van der Waals surface area contributed by atoms with Crippen LogP contribution in [0.15, 0.2) is 46.9 Å². The Morgan fingerprint density at radius 3 is 2.75 bits per heavy atom. The molecule has 2 nitrogen and oxygen atoms in total. The molecule has 0 aliphatic carbocycles. The normalized spacial score (nSPS) is 11.7. The zero-order valence-corrected chi connectivity index (χ0v) is 12.6. The molecule has 0 spiro atoms. The number of benzene rings is 2. The zero-order chi connectivity index (χ0) is 14.5. The van der Waals surface area contributed by atoms with Crippen molar-refractivity contribution < 1.29 is 4.39 Å². The molecule has 0 heterocycles. The van der Waals surface area contributed by atoms with Gasteiger partial charge in [-0.25, -0.2) is 4.39 Å². The average Bonchev–Trinajstić information content (AvgIpc) is 2.45. The summed E-state index contributed by atoms with van der Waals surface area (Å²) in [6.07, 6.45) is 0.860. The smallest absolute Gasteiger partial charge is 0.124 e. The fourth-order valence-corrected chi connectivity index (χ4v) is 2.48. The number of hydrogen-bond donors (Lipinski definition) is 1. The third-order valence-corrected chi connectivity index (χ3v) is 3.58. The lowest BCUT2D eigenvalue weighted by Crippen LogP contribution is -2.10. The van der Waals surface area contributed by atoms with E-state index in [0.717, 1.165) is 16.5 Å². The van der Waals surface area contributed by atoms with Crippen LogP contribution in [0, 0.1) is 17.1 Å². The summed E-state index contributed by atoms with van der Waals surface area (Å²) in [5.74, 6) is -0.400. The number of nitriles is 1. The van der Waals surface area contributed by atoms with Crippen LogP contribution in [-0.2, 0) is 0 Å². The van der Waals surface area contributed by atoms with E-state index in [-0.39, 0.29) is 6.04 Å². The Kier molecular flexibility index (Phi) is 4.75. The van der Waals surface area contributed by atoms with Gasteiger partial charge in [0.05, 0.1) is 17.3 Å². The average molecular weight is 333 g/mol. The molecule has 20 heavy (non-hydrogen) atoms. The maximum Gasteiger partial charge on any atom is 0.124 e. The van der Waals surface area contributed by atoms with Gasteiger partial charge >= 0.3 is 0 Å². The maximum absolute atomic E-state index is 13.1. The summed E-state index contributed by atoms with van der Waals surface area (Å²) in [6.45, 7) is 2.06. The lowest BCUT2D eigenvalue weighted by Gasteiger charge is -2.20. The highest BCUT2D eigenvalue weighted by Crippen LogP contribution is 2.26. The second-order valence-corrected chi connectivity index (χ2v) is 5.38. The Balaban J connectivity index is 2.29. The first-order chi connectivity index (χ1) is 9.63. The van der Waals surface area contributed by atoms with Gasteiger partial charge in [0.2, 0.25) is 0 Å². The number of halogens is 2. The predicted molar refractivity (Wildman–Crippen MR) is 81.9 cm³/mol. The highest BCUT2D eigenvalue weighted by molar-refractivity contribution is 9.10. The molecule has 4 heteroatoms. The van der Waals surface area contributed by atoms with Crippen LogP contribution in [0.4, 0.5) is 10.1 Å². The van der Waals surface area contributed by atoms with Crippen LogP contribution in [-0.4, -0.2) is 0 Å². The van der Waals surface area contributed by atoms with E-state index in [0.29, 0.717) is 11.3 Å². The molecule has 0 saturated carbocycles. The third kappa shape index (κ3) is 3.37. The van der Waals surface area contributed by atoms with Crippen molar-refractivity contribution >= 4 is 21.6 Å². The van der Waals surface area contributed by atoms with Crippen molar-refractivity contribution in [2.45, 2.75) is 19.4 Å². The van der Waals surface area contributed by atoms with E-state index in [1.165, 1.54) is 12.1 Å². The molecule has 0 aromatic heterocycles. The molecule has 102 valence electrons. The van der Waals surface area contributed by atoms with E-state index in [9.17, 15) is 4.39 Å². The zero-order valence-electron chi connectivity index (χ0n) is 11.0. The Morgan fingerprint density at radius 1 is 1.30 bits per heavy atom. The van der Waals surface area contributed by atoms with Gasteiger partial charge < -0.3 is 5.32 Å². The molecule has 1 N–H and O–H groups in total. The molecule has 0 fully saturated rings. The van der Waals surface area contributed by atoms with Crippen LogP contribution in [0.2, 0.25) is 0 Å². The van der Waals surface area contributed by atoms with Crippen molar-refractivity contribution in [3.05, 3.63) is 63.9 Å². The molecule has 0 saturated heterocycles. The van der Waals surface area contributed by atoms with E-state index >= 15 is 0 Å². The number of hydrogen-bond acceptors (Lipinski definition) is 2. The largest absolute Gasteiger partial charge is 0.377 e. The van der Waals surface area contributed by atoms with Crippen molar-refractivity contribution in [3.63, 3.8) is 0 Å². The molecule has 0 aliphatic rings. The van der Waals surface area contributed by atoms with Gasteiger partial charge in [-0.05, 0) is 42.3 Å². The second-order valence-electron chi connectivity index (χ2n) is 4.46. The predicted octanol–water partition coefficient (Wildman–Crippen LogP) is 5.02. The van der Waals surface area contributed by atoms with Crippen LogP contribution >= 0.6 is 15.9 Å². The Bertz CT molecular complexity index is 649. The fourth-order valence-electron chi connectivity index (χ4n) is 2.07. The molecule has 2 rings (SSSR count). The molecule has 1 atom stereocenters. The summed E-state index contributed by atoms with van der Waals surface area (Å²) in [7, 11) is 0. The van der Waals surface area contributed by atoms with Crippen molar-refractivity contribution in [2.75, 3.05) is 5.32 Å². The van der Waals surface area contributed by atoms with Gasteiger partial charge in [-0.3, -0.25) is 0 Å².